The summed E-state index contributed by atoms with van der Waals surface area (Å²) >= 11 is 0. The van der Waals surface area contributed by atoms with Gasteiger partial charge in [-0.05, 0) is 282 Å². The van der Waals surface area contributed by atoms with E-state index in [-0.39, 0.29) is 0 Å². The molecule has 1 spiro atoms. The van der Waals surface area contributed by atoms with Gasteiger partial charge in [-0.15, -0.1) is 0 Å². The Morgan fingerprint density at radius 3 is 1.33 bits per heavy atom. The maximum Gasteiger partial charge on any atom is 0.156 e. The van der Waals surface area contributed by atoms with Gasteiger partial charge in [-0.2, -0.15) is 0 Å². The van der Waals surface area contributed by atoms with Gasteiger partial charge in [0.2, 0.25) is 0 Å². The van der Waals surface area contributed by atoms with Crippen LogP contribution in [0.5, 0.6) is 0 Å². The van der Waals surface area contributed by atoms with Gasteiger partial charge in [-0.25, -0.2) is 0 Å². The summed E-state index contributed by atoms with van der Waals surface area (Å²) in [6, 6.07) is 8.17. The van der Waals surface area contributed by atoms with E-state index < -0.39 is 0 Å². The van der Waals surface area contributed by atoms with E-state index in [1.165, 1.54) is 19.3 Å². The van der Waals surface area contributed by atoms with Gasteiger partial charge < -0.3 is 0 Å². The molecule has 0 amide bonds. The van der Waals surface area contributed by atoms with E-state index in [9.17, 15) is 0 Å². The zero-order valence-corrected chi connectivity index (χ0v) is 55.7. The molecule has 23 atom stereocenters. The van der Waals surface area contributed by atoms with Crippen LogP contribution >= 0.6 is 0 Å². The summed E-state index contributed by atoms with van der Waals surface area (Å²) in [5, 5.41) is 0. The molecule has 0 bridgehead atoms. The molecule has 468 valence electrons. The minimum absolute atomic E-state index is 0.456. The fourth-order valence-electron chi connectivity index (χ4n) is 31.8. The molecule has 0 N–H and O–H groups in total. The van der Waals surface area contributed by atoms with E-state index >= 15 is 0 Å². The number of fused-ring (bicyclic) bond motifs is 4. The van der Waals surface area contributed by atoms with Crippen LogP contribution in [0.2, 0.25) is 17.5 Å². The summed E-state index contributed by atoms with van der Waals surface area (Å²) in [5.41, 5.74) is 1.76. The molecule has 15 saturated carbocycles. The Balaban J connectivity index is 0.732. The lowest BCUT2D eigenvalue weighted by Gasteiger charge is -2.90. The molecule has 18 fully saturated rings. The number of hydrogen-bond acceptors (Lipinski definition) is 3. The first-order valence-electron chi connectivity index (χ1n) is 40.2. The van der Waals surface area contributed by atoms with Crippen LogP contribution in [-0.4, -0.2) is 75.8 Å². The molecular weight excluding hydrogens is 1010 g/mol. The second kappa shape index (κ2) is 21.5. The molecule has 0 aromatic rings. The Kier molecular flexibility index (Phi) is 14.5. The minimum Gasteiger partial charge on any atom is -0.295 e. The van der Waals surface area contributed by atoms with Gasteiger partial charge in [0, 0.05) is 59.8 Å². The van der Waals surface area contributed by atoms with Crippen molar-refractivity contribution in [2.45, 2.75) is 377 Å². The Morgan fingerprint density at radius 1 is 0.298 bits per heavy atom. The van der Waals surface area contributed by atoms with E-state index in [0.717, 1.165) is 190 Å². The molecule has 3 heterocycles. The predicted molar refractivity (Wildman–Crippen MR) is 350 cm³/mol. The maximum absolute atomic E-state index is 3.71. The third-order valence-electron chi connectivity index (χ3n) is 35.2. The average Bonchev–Trinajstić information content (AvgIpc) is 0.622. The molecule has 84 heavy (non-hydrogen) atoms. The van der Waals surface area contributed by atoms with Gasteiger partial charge in [-0.3, -0.25) is 14.7 Å². The number of likely N-dealkylation sites (tertiary alicyclic amines) is 1. The highest BCUT2D eigenvalue weighted by molar-refractivity contribution is 6.65. The van der Waals surface area contributed by atoms with Gasteiger partial charge in [0.05, 0.1) is 0 Å². The van der Waals surface area contributed by atoms with Crippen LogP contribution in [-0.2, 0) is 0 Å². The lowest BCUT2D eigenvalue weighted by Crippen LogP contribution is -2.94. The Hall–Kier alpha value is -0.0551. The first-order valence-corrected chi connectivity index (χ1v) is 40.2. The standard InChI is InChI=1S/C80H130BN3/c1-78(2,3)58-36-55-22-23-56-37-59(79(4,5)6)43-66-65(39-57(38-58)75(55)76(56)66)54-29-35-69-68(40-54)81-67-34-28-53(50-20-14-9-15-21-50)41-70(67)83(63-32-26-52(27-33-63)49-18-12-8-13-19-49)72-47-64(84-73-44-60-42-61-45-74(84)80(60,61)73)46-71(77(72)81)82(69)62-30-24-51(25-31-62)48-16-10-7-11-17-48/h48-77H,7-47H2,1-6H3. The van der Waals surface area contributed by atoms with Crippen LogP contribution in [0.3, 0.4) is 0 Å². The van der Waals surface area contributed by atoms with E-state index in [1.807, 2.05) is 0 Å². The highest BCUT2D eigenvalue weighted by Crippen LogP contribution is 2.83. The van der Waals surface area contributed by atoms with Crippen LogP contribution in [0, 0.1) is 123 Å². The van der Waals surface area contributed by atoms with Gasteiger partial charge in [-0.1, -0.05) is 157 Å². The van der Waals surface area contributed by atoms with Crippen LogP contribution < -0.4 is 0 Å². The van der Waals surface area contributed by atoms with Crippen molar-refractivity contribution in [2.75, 3.05) is 0 Å². The molecule has 3 aliphatic heterocycles. The number of hydrogen-bond donors (Lipinski definition) is 0. The molecule has 23 unspecified atom stereocenters. The third-order valence-corrected chi connectivity index (χ3v) is 35.2. The zero-order chi connectivity index (χ0) is 56.1. The molecule has 18 aliphatic rings. The summed E-state index contributed by atoms with van der Waals surface area (Å²) in [7, 11) is 0. The smallest absolute Gasteiger partial charge is 0.156 e. The third kappa shape index (κ3) is 8.80. The first-order chi connectivity index (χ1) is 40.9. The van der Waals surface area contributed by atoms with Crippen molar-refractivity contribution in [1.82, 2.24) is 14.7 Å². The second-order valence-electron chi connectivity index (χ2n) is 39.5. The fourth-order valence-corrected chi connectivity index (χ4v) is 31.8. The second-order valence-corrected chi connectivity index (χ2v) is 39.5. The highest BCUT2D eigenvalue weighted by Gasteiger charge is 2.85. The molecule has 4 heteroatoms. The molecule has 0 aromatic carbocycles. The Morgan fingerprint density at radius 2 is 0.774 bits per heavy atom. The predicted octanol–water partition coefficient (Wildman–Crippen LogP) is 20.2. The van der Waals surface area contributed by atoms with E-state index in [1.54, 1.807) is 244 Å². The largest absolute Gasteiger partial charge is 0.295 e. The van der Waals surface area contributed by atoms with Crippen molar-refractivity contribution in [2.24, 2.45) is 123 Å². The van der Waals surface area contributed by atoms with Crippen molar-refractivity contribution < 1.29 is 0 Å². The molecule has 15 aliphatic carbocycles. The number of nitrogens with zero attached hydrogens (tertiary/aromatic N) is 3. The summed E-state index contributed by atoms with van der Waals surface area (Å²) in [6.07, 6.45) is 65.0. The van der Waals surface area contributed by atoms with Crippen molar-refractivity contribution in [3.8, 4) is 0 Å². The van der Waals surface area contributed by atoms with E-state index in [0.29, 0.717) is 10.8 Å². The maximum atomic E-state index is 3.71. The Bertz CT molecular complexity index is 2310. The van der Waals surface area contributed by atoms with Crippen molar-refractivity contribution in [3.05, 3.63) is 0 Å². The van der Waals surface area contributed by atoms with Gasteiger partial charge in [0.15, 0.2) is 6.71 Å². The summed E-state index contributed by atoms with van der Waals surface area (Å²) in [5.74, 6) is 21.7. The molecule has 3 saturated heterocycles. The van der Waals surface area contributed by atoms with Crippen molar-refractivity contribution >= 4 is 6.71 Å². The zero-order valence-electron chi connectivity index (χ0n) is 55.7. The number of piperidine rings is 2. The topological polar surface area (TPSA) is 9.72 Å². The molecule has 0 aromatic heterocycles. The van der Waals surface area contributed by atoms with Crippen LogP contribution in [0.1, 0.15) is 305 Å². The van der Waals surface area contributed by atoms with E-state index in [4.69, 9.17) is 0 Å². The average molecular weight is 1140 g/mol. The first kappa shape index (κ1) is 56.7. The quantitative estimate of drug-likeness (QED) is 0.235. The molecule has 18 rings (SSSR count). The Labute approximate surface area is 518 Å². The van der Waals surface area contributed by atoms with Gasteiger partial charge in [0.25, 0.3) is 0 Å². The van der Waals surface area contributed by atoms with Gasteiger partial charge >= 0.3 is 0 Å². The van der Waals surface area contributed by atoms with Crippen LogP contribution in [0.25, 0.3) is 0 Å². The van der Waals surface area contributed by atoms with Crippen LogP contribution in [0.4, 0.5) is 0 Å². The summed E-state index contributed by atoms with van der Waals surface area (Å²) in [4.78, 5) is 10.9. The van der Waals surface area contributed by atoms with Crippen LogP contribution in [0.15, 0.2) is 0 Å². The SMILES string of the molecule is CC(C)(C)C1CC2CCC3CC(C(C)(C)C)CC4C(C5CCC6C(C5)B5C7CCC(C8CCCCC8)CC7N(C7CCC(C8CCCCC8)CC7)C7CC(N8C9CC%10CC%11CC8C%10%119)CC(C57)N6C5CCC(C6CCCCC6)CC5)CC(C1)C2C34. The van der Waals surface area contributed by atoms with Crippen molar-refractivity contribution in [1.29, 1.82) is 0 Å². The molecular formula is C80H130BN3. The molecule has 3 nitrogen and oxygen atoms in total. The molecule has 0 radical (unpaired) electrons. The monoisotopic (exact) mass is 1140 g/mol. The fraction of sp³-hybridized carbons (Fsp3) is 1.00. The normalized spacial score (nSPS) is 54.4. The summed E-state index contributed by atoms with van der Waals surface area (Å²) < 4.78 is 0. The van der Waals surface area contributed by atoms with Crippen molar-refractivity contribution in [3.63, 3.8) is 0 Å². The highest BCUT2D eigenvalue weighted by atomic mass is 15.4. The lowest BCUT2D eigenvalue weighted by molar-refractivity contribution is -0.408. The summed E-state index contributed by atoms with van der Waals surface area (Å²) in [6.45, 7) is 17.1. The lowest BCUT2D eigenvalue weighted by atomic mass is 9.18. The number of rotatable bonds is 7. The van der Waals surface area contributed by atoms with Gasteiger partial charge in [0.1, 0.15) is 0 Å². The van der Waals surface area contributed by atoms with E-state index in [2.05, 4.69) is 56.2 Å². The minimum atomic E-state index is 0.456.